The zero-order valence-corrected chi connectivity index (χ0v) is 26.2. The largest absolute Gasteiger partial charge is 0.480 e. The summed E-state index contributed by atoms with van der Waals surface area (Å²) < 4.78 is 12.3. The lowest BCUT2D eigenvalue weighted by atomic mass is 9.83. The zero-order chi connectivity index (χ0) is 31.5. The zero-order valence-electron chi connectivity index (χ0n) is 26.2. The predicted molar refractivity (Wildman–Crippen MR) is 171 cm³/mol. The molecule has 1 aliphatic carbocycles. The van der Waals surface area contributed by atoms with Gasteiger partial charge in [0.2, 0.25) is 5.88 Å². The normalized spacial score (nSPS) is 16.4. The second-order valence-electron chi connectivity index (χ2n) is 11.8. The van der Waals surface area contributed by atoms with Crippen LogP contribution in [-0.2, 0) is 24.0 Å². The van der Waals surface area contributed by atoms with E-state index in [4.69, 9.17) is 14.5 Å². The van der Waals surface area contributed by atoms with Gasteiger partial charge in [0.05, 0.1) is 25.6 Å². The van der Waals surface area contributed by atoms with E-state index in [1.54, 1.807) is 6.92 Å². The smallest absolute Gasteiger partial charge is 0.407 e. The van der Waals surface area contributed by atoms with Gasteiger partial charge in [-0.25, -0.2) is 14.6 Å². The van der Waals surface area contributed by atoms with Gasteiger partial charge in [-0.3, -0.25) is 0 Å². The van der Waals surface area contributed by atoms with Gasteiger partial charge in [-0.2, -0.15) is 9.78 Å². The second kappa shape index (κ2) is 13.1. The van der Waals surface area contributed by atoms with Crippen LogP contribution in [-0.4, -0.2) is 63.6 Å². The number of esters is 1. The summed E-state index contributed by atoms with van der Waals surface area (Å²) in [6.07, 6.45) is 6.41. The van der Waals surface area contributed by atoms with Crippen molar-refractivity contribution in [2.75, 3.05) is 26.8 Å². The number of pyridine rings is 1. The number of aryl methyl sites for hydroxylation is 2. The van der Waals surface area contributed by atoms with Crippen molar-refractivity contribution in [3.63, 3.8) is 0 Å². The van der Waals surface area contributed by atoms with Crippen molar-refractivity contribution < 1.29 is 24.2 Å². The monoisotopic (exact) mass is 608 g/mol. The minimum Gasteiger partial charge on any atom is -0.480 e. The third-order valence-electron chi connectivity index (χ3n) is 9.28. The topological polar surface area (TPSA) is 107 Å². The molecule has 0 bridgehead atoms. The van der Waals surface area contributed by atoms with Gasteiger partial charge in [0.1, 0.15) is 5.56 Å². The van der Waals surface area contributed by atoms with Crippen LogP contribution < -0.4 is 4.74 Å². The Bertz CT molecular complexity index is 1710. The molecule has 2 aromatic carbocycles. The first kappa shape index (κ1) is 30.4. The minimum atomic E-state index is -0.818. The molecule has 3 heterocycles. The molecule has 2 aliphatic rings. The number of nitrogens with zero attached hydrogens (tertiary/aromatic N) is 4. The molecule has 9 nitrogen and oxygen atoms in total. The lowest BCUT2D eigenvalue weighted by molar-refractivity contribution is 0.0522. The molecular formula is C36H40N4O5. The van der Waals surface area contributed by atoms with E-state index in [-0.39, 0.29) is 18.1 Å². The highest BCUT2D eigenvalue weighted by Gasteiger charge is 2.29. The fraction of sp³-hybridized carbons (Fsp3) is 0.389. The van der Waals surface area contributed by atoms with E-state index >= 15 is 0 Å². The second-order valence-corrected chi connectivity index (χ2v) is 11.8. The summed E-state index contributed by atoms with van der Waals surface area (Å²) in [7, 11) is 1.51. The third kappa shape index (κ3) is 6.03. The number of amides is 1. The van der Waals surface area contributed by atoms with Crippen LogP contribution in [0, 0.1) is 0 Å². The van der Waals surface area contributed by atoms with E-state index in [0.717, 1.165) is 49.8 Å². The molecule has 1 unspecified atom stereocenters. The highest BCUT2D eigenvalue weighted by Crippen LogP contribution is 2.42. The van der Waals surface area contributed by atoms with Gasteiger partial charge in [-0.1, -0.05) is 49.4 Å². The predicted octanol–water partition coefficient (Wildman–Crippen LogP) is 6.81. The number of rotatable bonds is 9. The van der Waals surface area contributed by atoms with Crippen molar-refractivity contribution in [3.8, 4) is 23.0 Å². The van der Waals surface area contributed by atoms with Crippen LogP contribution in [0.4, 0.5) is 4.79 Å². The molecule has 1 saturated heterocycles. The maximum atomic E-state index is 12.4. The Hall–Kier alpha value is -4.66. The fourth-order valence-corrected chi connectivity index (χ4v) is 7.11. The van der Waals surface area contributed by atoms with Crippen molar-refractivity contribution >= 4 is 12.1 Å². The van der Waals surface area contributed by atoms with E-state index in [0.29, 0.717) is 30.7 Å². The molecule has 6 rings (SSSR count). The molecule has 2 aromatic heterocycles. The standard InChI is InChI=1S/C36H40N4O5/c1-4-24-20-23(12-15-28(24)25-16-18-39(19-17-25)36(42)43)21-27-14-13-26-8-6-9-29(33(26)27)31-10-7-11-32(38-31)40-34(44-3)30(22-37-40)35(41)45-5-2/h6-12,15,20,22,25,27H,4-5,13-14,16-19,21H2,1-3H3,(H,42,43). The van der Waals surface area contributed by atoms with Crippen LogP contribution in [0.2, 0.25) is 0 Å². The number of piperidine rings is 1. The number of carbonyl (C=O) groups is 2. The molecule has 45 heavy (non-hydrogen) atoms. The van der Waals surface area contributed by atoms with Crippen molar-refractivity contribution in [2.45, 2.75) is 64.2 Å². The number of carboxylic acid groups (broad SMARTS) is 1. The SMILES string of the molecule is CCOC(=O)c1cnn(-c2cccc(-c3cccc4c3C(Cc3ccc(C5CCN(C(=O)O)CC5)c(CC)c3)CC4)n2)c1OC. The first-order valence-corrected chi connectivity index (χ1v) is 15.9. The summed E-state index contributed by atoms with van der Waals surface area (Å²) in [6, 6.07) is 19.3. The van der Waals surface area contributed by atoms with E-state index < -0.39 is 12.1 Å². The van der Waals surface area contributed by atoms with E-state index in [2.05, 4.69) is 48.4 Å². The molecule has 1 N–H and O–H groups in total. The first-order valence-electron chi connectivity index (χ1n) is 15.9. The van der Waals surface area contributed by atoms with E-state index in [1.165, 1.54) is 50.7 Å². The Kier molecular flexibility index (Phi) is 8.87. The molecule has 1 fully saturated rings. The summed E-state index contributed by atoms with van der Waals surface area (Å²) in [5.41, 5.74) is 9.02. The number of hydrogen-bond donors (Lipinski definition) is 1. The number of methoxy groups -OCH3 is 1. The average molecular weight is 609 g/mol. The Morgan fingerprint density at radius 3 is 2.56 bits per heavy atom. The number of fused-ring (bicyclic) bond motifs is 1. The third-order valence-corrected chi connectivity index (χ3v) is 9.28. The molecular weight excluding hydrogens is 568 g/mol. The van der Waals surface area contributed by atoms with Gasteiger partial charge in [0, 0.05) is 18.7 Å². The van der Waals surface area contributed by atoms with Crippen molar-refractivity contribution in [3.05, 3.63) is 94.2 Å². The number of aromatic nitrogens is 3. The molecule has 1 atom stereocenters. The van der Waals surface area contributed by atoms with Crippen LogP contribution in [0.1, 0.15) is 83.1 Å². The summed E-state index contributed by atoms with van der Waals surface area (Å²) in [5, 5.41) is 13.8. The Labute approximate surface area is 263 Å². The summed E-state index contributed by atoms with van der Waals surface area (Å²) in [6.45, 7) is 5.43. The molecule has 0 spiro atoms. The van der Waals surface area contributed by atoms with Gasteiger partial charge >= 0.3 is 12.1 Å². The fourth-order valence-electron chi connectivity index (χ4n) is 7.11. The molecule has 4 aromatic rings. The van der Waals surface area contributed by atoms with Crippen molar-refractivity contribution in [1.82, 2.24) is 19.7 Å². The number of benzene rings is 2. The summed E-state index contributed by atoms with van der Waals surface area (Å²) >= 11 is 0. The number of carbonyl (C=O) groups excluding carboxylic acids is 1. The number of ether oxygens (including phenoxy) is 2. The van der Waals surface area contributed by atoms with Crippen LogP contribution in [0.5, 0.6) is 5.88 Å². The van der Waals surface area contributed by atoms with Gasteiger partial charge in [-0.05, 0) is 97.2 Å². The van der Waals surface area contributed by atoms with Gasteiger partial charge < -0.3 is 19.5 Å². The molecule has 9 heteroatoms. The minimum absolute atomic E-state index is 0.260. The summed E-state index contributed by atoms with van der Waals surface area (Å²) in [5.74, 6) is 1.14. The van der Waals surface area contributed by atoms with Crippen molar-refractivity contribution in [1.29, 1.82) is 0 Å². The van der Waals surface area contributed by atoms with E-state index in [9.17, 15) is 14.7 Å². The van der Waals surface area contributed by atoms with Crippen LogP contribution in [0.15, 0.2) is 60.8 Å². The van der Waals surface area contributed by atoms with Crippen LogP contribution in [0.3, 0.4) is 0 Å². The quantitative estimate of drug-likeness (QED) is 0.208. The van der Waals surface area contributed by atoms with Gasteiger partial charge in [0.25, 0.3) is 0 Å². The molecule has 234 valence electrons. The molecule has 1 aliphatic heterocycles. The van der Waals surface area contributed by atoms with Gasteiger partial charge in [-0.15, -0.1) is 0 Å². The number of hydrogen-bond acceptors (Lipinski definition) is 6. The lowest BCUT2D eigenvalue weighted by Gasteiger charge is -2.31. The maximum Gasteiger partial charge on any atom is 0.407 e. The van der Waals surface area contributed by atoms with Crippen LogP contribution >= 0.6 is 0 Å². The average Bonchev–Trinajstić information content (AvgIpc) is 3.69. The van der Waals surface area contributed by atoms with E-state index in [1.807, 2.05) is 18.2 Å². The maximum absolute atomic E-state index is 12.4. The molecule has 1 amide bonds. The first-order chi connectivity index (χ1) is 21.9. The summed E-state index contributed by atoms with van der Waals surface area (Å²) in [4.78, 5) is 30.4. The Morgan fingerprint density at radius 1 is 1.02 bits per heavy atom. The van der Waals surface area contributed by atoms with Crippen molar-refractivity contribution in [2.24, 2.45) is 0 Å². The highest BCUT2D eigenvalue weighted by molar-refractivity contribution is 5.92. The van der Waals surface area contributed by atoms with Gasteiger partial charge in [0.15, 0.2) is 5.82 Å². The molecule has 0 saturated carbocycles. The lowest BCUT2D eigenvalue weighted by Crippen LogP contribution is -2.37. The van der Waals surface area contributed by atoms with Crippen LogP contribution in [0.25, 0.3) is 17.1 Å². The Morgan fingerprint density at radius 2 is 1.82 bits per heavy atom. The highest BCUT2D eigenvalue weighted by atomic mass is 16.5. The Balaban J connectivity index is 1.26. The number of likely N-dealkylation sites (tertiary alicyclic amines) is 1. The molecule has 0 radical (unpaired) electrons.